The van der Waals surface area contributed by atoms with Crippen molar-refractivity contribution in [3.8, 4) is 10.6 Å². The SMILES string of the molecule is Cc1nc(-c2ccccc2)sc1C(=O)C1=C(O)C(=O)N(CCOC(C)C)C1c1ccco1. The lowest BCUT2D eigenvalue weighted by Gasteiger charge is -2.25. The molecule has 32 heavy (non-hydrogen) atoms. The van der Waals surface area contributed by atoms with E-state index >= 15 is 0 Å². The second kappa shape index (κ2) is 9.10. The van der Waals surface area contributed by atoms with Gasteiger partial charge >= 0.3 is 0 Å². The number of aryl methyl sites for hydroxylation is 1. The predicted octanol–water partition coefficient (Wildman–Crippen LogP) is 4.71. The fourth-order valence-electron chi connectivity index (χ4n) is 3.68. The highest BCUT2D eigenvalue weighted by Crippen LogP contribution is 2.41. The number of nitrogens with zero attached hydrogens (tertiary/aromatic N) is 2. The third-order valence-corrected chi connectivity index (χ3v) is 6.37. The van der Waals surface area contributed by atoms with E-state index in [9.17, 15) is 14.7 Å². The van der Waals surface area contributed by atoms with E-state index in [1.807, 2.05) is 44.2 Å². The average molecular weight is 453 g/mol. The fraction of sp³-hybridized carbons (Fsp3) is 0.292. The molecule has 0 saturated carbocycles. The Morgan fingerprint density at radius 3 is 2.66 bits per heavy atom. The molecule has 0 bridgehead atoms. The van der Waals surface area contributed by atoms with Gasteiger partial charge in [0.15, 0.2) is 5.76 Å². The molecule has 7 nitrogen and oxygen atoms in total. The lowest BCUT2D eigenvalue weighted by molar-refractivity contribution is -0.130. The molecule has 3 aromatic rings. The molecule has 3 heterocycles. The average Bonchev–Trinajstić information content (AvgIpc) is 3.49. The maximum absolute atomic E-state index is 13.6. The van der Waals surface area contributed by atoms with Gasteiger partial charge in [-0.05, 0) is 32.9 Å². The number of hydrogen-bond acceptors (Lipinski definition) is 7. The monoisotopic (exact) mass is 452 g/mol. The number of benzene rings is 1. The first kappa shape index (κ1) is 22.0. The summed E-state index contributed by atoms with van der Waals surface area (Å²) in [6.07, 6.45) is 1.47. The number of ketones is 1. The summed E-state index contributed by atoms with van der Waals surface area (Å²) >= 11 is 1.24. The van der Waals surface area contributed by atoms with Crippen LogP contribution in [0.3, 0.4) is 0 Å². The zero-order valence-electron chi connectivity index (χ0n) is 18.1. The number of thiazole rings is 1. The van der Waals surface area contributed by atoms with Gasteiger partial charge in [-0.15, -0.1) is 11.3 Å². The summed E-state index contributed by atoms with van der Waals surface area (Å²) in [5.41, 5.74) is 1.45. The maximum Gasteiger partial charge on any atom is 0.290 e. The lowest BCUT2D eigenvalue weighted by Crippen LogP contribution is -2.34. The Kier molecular flexibility index (Phi) is 6.25. The molecule has 8 heteroatoms. The van der Waals surface area contributed by atoms with Crippen molar-refractivity contribution in [3.63, 3.8) is 0 Å². The zero-order chi connectivity index (χ0) is 22.8. The Hall–Kier alpha value is -3.23. The molecule has 1 N–H and O–H groups in total. The van der Waals surface area contributed by atoms with Crippen LogP contribution in [0.15, 0.2) is 64.5 Å². The second-order valence-corrected chi connectivity index (χ2v) is 8.73. The second-order valence-electron chi connectivity index (χ2n) is 7.73. The van der Waals surface area contributed by atoms with E-state index in [4.69, 9.17) is 9.15 Å². The number of furan rings is 1. The first-order valence-electron chi connectivity index (χ1n) is 10.3. The maximum atomic E-state index is 13.6. The Morgan fingerprint density at radius 1 is 1.25 bits per heavy atom. The minimum Gasteiger partial charge on any atom is -0.503 e. The zero-order valence-corrected chi connectivity index (χ0v) is 18.9. The van der Waals surface area contributed by atoms with E-state index in [-0.39, 0.29) is 24.8 Å². The molecule has 0 saturated heterocycles. The molecular formula is C24H24N2O5S. The summed E-state index contributed by atoms with van der Waals surface area (Å²) in [7, 11) is 0. The number of aliphatic hydroxyl groups excluding tert-OH is 1. The van der Waals surface area contributed by atoms with Crippen molar-refractivity contribution in [2.24, 2.45) is 0 Å². The quantitative estimate of drug-likeness (QED) is 0.498. The van der Waals surface area contributed by atoms with Gasteiger partial charge in [-0.1, -0.05) is 30.3 Å². The first-order chi connectivity index (χ1) is 15.4. The highest BCUT2D eigenvalue weighted by molar-refractivity contribution is 7.17. The van der Waals surface area contributed by atoms with Gasteiger partial charge < -0.3 is 19.2 Å². The number of rotatable bonds is 8. The van der Waals surface area contributed by atoms with Crippen molar-refractivity contribution >= 4 is 23.0 Å². The first-order valence-corrected chi connectivity index (χ1v) is 11.2. The predicted molar refractivity (Wildman–Crippen MR) is 121 cm³/mol. The number of amides is 1. The van der Waals surface area contributed by atoms with Crippen molar-refractivity contribution in [1.29, 1.82) is 0 Å². The van der Waals surface area contributed by atoms with Gasteiger partial charge in [-0.3, -0.25) is 9.59 Å². The normalized spacial score (nSPS) is 16.4. The molecular weight excluding hydrogens is 428 g/mol. The lowest BCUT2D eigenvalue weighted by atomic mass is 9.99. The summed E-state index contributed by atoms with van der Waals surface area (Å²) in [6.45, 7) is 6.03. The highest BCUT2D eigenvalue weighted by atomic mass is 32.1. The molecule has 1 aliphatic heterocycles. The largest absolute Gasteiger partial charge is 0.503 e. The van der Waals surface area contributed by atoms with E-state index < -0.39 is 23.5 Å². The van der Waals surface area contributed by atoms with Crippen molar-refractivity contribution < 1.29 is 23.8 Å². The molecule has 1 aliphatic rings. The summed E-state index contributed by atoms with van der Waals surface area (Å²) < 4.78 is 11.1. The van der Waals surface area contributed by atoms with Gasteiger partial charge in [0.05, 0.1) is 35.1 Å². The third-order valence-electron chi connectivity index (χ3n) is 5.17. The van der Waals surface area contributed by atoms with Gasteiger partial charge in [-0.2, -0.15) is 0 Å². The topological polar surface area (TPSA) is 92.9 Å². The Morgan fingerprint density at radius 2 is 2.00 bits per heavy atom. The van der Waals surface area contributed by atoms with Crippen LogP contribution in [0, 0.1) is 6.92 Å². The number of carbonyl (C=O) groups is 2. The van der Waals surface area contributed by atoms with Crippen molar-refractivity contribution in [2.75, 3.05) is 13.2 Å². The van der Waals surface area contributed by atoms with Crippen LogP contribution in [0.4, 0.5) is 0 Å². The van der Waals surface area contributed by atoms with Crippen LogP contribution in [0.1, 0.15) is 41.0 Å². The molecule has 1 atom stereocenters. The molecule has 1 amide bonds. The van der Waals surface area contributed by atoms with Crippen molar-refractivity contribution in [3.05, 3.63) is 76.4 Å². The van der Waals surface area contributed by atoms with Crippen LogP contribution >= 0.6 is 11.3 Å². The molecule has 166 valence electrons. The molecule has 0 radical (unpaired) electrons. The van der Waals surface area contributed by atoms with Gasteiger partial charge in [0.2, 0.25) is 5.78 Å². The molecule has 0 aliphatic carbocycles. The van der Waals surface area contributed by atoms with Crippen LogP contribution in [0.2, 0.25) is 0 Å². The third kappa shape index (κ3) is 4.11. The van der Waals surface area contributed by atoms with Crippen LogP contribution in [0.5, 0.6) is 0 Å². The highest BCUT2D eigenvalue weighted by Gasteiger charge is 2.45. The molecule has 0 fully saturated rings. The van der Waals surface area contributed by atoms with Crippen molar-refractivity contribution in [1.82, 2.24) is 9.88 Å². The number of aromatic nitrogens is 1. The minimum atomic E-state index is -0.831. The Labute approximate surface area is 190 Å². The van der Waals surface area contributed by atoms with Crippen molar-refractivity contribution in [2.45, 2.75) is 32.9 Å². The minimum absolute atomic E-state index is 0.000795. The number of aliphatic hydroxyl groups is 1. The summed E-state index contributed by atoms with van der Waals surface area (Å²) in [5, 5.41) is 11.4. The number of carbonyl (C=O) groups excluding carboxylic acids is 2. The van der Waals surface area contributed by atoms with E-state index in [0.29, 0.717) is 21.3 Å². The van der Waals surface area contributed by atoms with E-state index in [1.54, 1.807) is 19.1 Å². The number of hydrogen-bond donors (Lipinski definition) is 1. The fourth-order valence-corrected chi connectivity index (χ4v) is 4.71. The number of Topliss-reactive ketones (excluding diaryl/α,β-unsaturated/α-hetero) is 1. The van der Waals surface area contributed by atoms with Crippen LogP contribution in [-0.2, 0) is 9.53 Å². The van der Waals surface area contributed by atoms with Gasteiger partial charge in [0.25, 0.3) is 5.91 Å². The molecule has 0 spiro atoms. The Balaban J connectivity index is 1.70. The summed E-state index contributed by atoms with van der Waals surface area (Å²) in [4.78, 5) is 32.8. The van der Waals surface area contributed by atoms with Gasteiger partial charge in [-0.25, -0.2) is 4.98 Å². The molecule has 1 unspecified atom stereocenters. The summed E-state index contributed by atoms with van der Waals surface area (Å²) in [6, 6.07) is 12.1. The molecule has 2 aromatic heterocycles. The standard InChI is InChI=1S/C24H24N2O5S/c1-14(2)30-13-11-26-19(17-10-7-12-31-17)18(21(28)24(26)29)20(27)22-15(3)25-23(32-22)16-8-5-4-6-9-16/h4-10,12,14,19,28H,11,13H2,1-3H3. The Bertz CT molecular complexity index is 1150. The number of ether oxygens (including phenoxy) is 1. The van der Waals surface area contributed by atoms with Crippen LogP contribution in [0.25, 0.3) is 10.6 Å². The smallest absolute Gasteiger partial charge is 0.290 e. The van der Waals surface area contributed by atoms with Gasteiger partial charge in [0, 0.05) is 12.1 Å². The summed E-state index contributed by atoms with van der Waals surface area (Å²) in [5.74, 6) is -1.20. The molecule has 4 rings (SSSR count). The van der Waals surface area contributed by atoms with E-state index in [0.717, 1.165) is 5.56 Å². The van der Waals surface area contributed by atoms with Crippen LogP contribution in [-0.4, -0.2) is 45.9 Å². The van der Waals surface area contributed by atoms with E-state index in [2.05, 4.69) is 4.98 Å². The molecule has 1 aromatic carbocycles. The van der Waals surface area contributed by atoms with E-state index in [1.165, 1.54) is 22.5 Å². The van der Waals surface area contributed by atoms with Gasteiger partial charge in [0.1, 0.15) is 16.8 Å². The van der Waals surface area contributed by atoms with Crippen LogP contribution < -0.4 is 0 Å².